The Hall–Kier alpha value is -1.91. The van der Waals surface area contributed by atoms with Crippen LogP contribution in [0.4, 0.5) is 4.79 Å². The van der Waals surface area contributed by atoms with Crippen LogP contribution in [0.3, 0.4) is 0 Å². The van der Waals surface area contributed by atoms with Gasteiger partial charge in [-0.2, -0.15) is 0 Å². The largest absolute Gasteiger partial charge is 0.493 e. The van der Waals surface area contributed by atoms with Crippen LogP contribution in [0.1, 0.15) is 13.8 Å². The van der Waals surface area contributed by atoms with Crippen LogP contribution in [-0.2, 0) is 0 Å². The van der Waals surface area contributed by atoms with Gasteiger partial charge in [-0.1, -0.05) is 0 Å². The summed E-state index contributed by atoms with van der Waals surface area (Å²) in [6.45, 7) is 3.78. The van der Waals surface area contributed by atoms with E-state index in [1.165, 1.54) is 7.11 Å². The van der Waals surface area contributed by atoms with Gasteiger partial charge in [-0.05, 0) is 26.0 Å². The van der Waals surface area contributed by atoms with Crippen molar-refractivity contribution in [2.75, 3.05) is 7.11 Å². The third kappa shape index (κ3) is 3.34. The highest BCUT2D eigenvalue weighted by Gasteiger charge is 2.09. The molecule has 5 nitrogen and oxygen atoms in total. The quantitative estimate of drug-likeness (QED) is 0.850. The average Bonchev–Trinajstić information content (AvgIpc) is 2.16. The molecule has 0 aromatic heterocycles. The van der Waals surface area contributed by atoms with Gasteiger partial charge in [0.25, 0.3) is 0 Å². The summed E-state index contributed by atoms with van der Waals surface area (Å²) in [6, 6.07) is 4.79. The molecule has 0 aliphatic rings. The van der Waals surface area contributed by atoms with Gasteiger partial charge in [0.1, 0.15) is 5.75 Å². The lowest BCUT2D eigenvalue weighted by molar-refractivity contribution is 0.209. The van der Waals surface area contributed by atoms with Gasteiger partial charge in [0.05, 0.1) is 13.2 Å². The van der Waals surface area contributed by atoms with E-state index < -0.39 is 6.09 Å². The minimum absolute atomic E-state index is 0.00210. The lowest BCUT2D eigenvalue weighted by atomic mass is 10.3. The molecule has 5 heteroatoms. The number of amides is 1. The predicted octanol–water partition coefficient (Wildman–Crippen LogP) is 1.94. The normalized spacial score (nSPS) is 10.0. The predicted molar refractivity (Wildman–Crippen MR) is 59.0 cm³/mol. The maximum absolute atomic E-state index is 10.6. The Bertz CT molecular complexity index is 376. The monoisotopic (exact) mass is 225 g/mol. The van der Waals surface area contributed by atoms with Crippen LogP contribution in [0.15, 0.2) is 18.2 Å². The summed E-state index contributed by atoms with van der Waals surface area (Å²) in [4.78, 5) is 10.6. The molecule has 88 valence electrons. The second kappa shape index (κ2) is 5.25. The minimum Gasteiger partial charge on any atom is -0.493 e. The van der Waals surface area contributed by atoms with Gasteiger partial charge in [-0.25, -0.2) is 4.79 Å². The summed E-state index contributed by atoms with van der Waals surface area (Å²) in [5.41, 5.74) is 4.91. The van der Waals surface area contributed by atoms with Crippen LogP contribution < -0.4 is 19.9 Å². The zero-order valence-corrected chi connectivity index (χ0v) is 9.52. The van der Waals surface area contributed by atoms with Crippen LogP contribution in [0.5, 0.6) is 17.2 Å². The van der Waals surface area contributed by atoms with Crippen molar-refractivity contribution in [1.82, 2.24) is 0 Å². The second-order valence-electron chi connectivity index (χ2n) is 3.40. The minimum atomic E-state index is -0.860. The molecule has 1 amide bonds. The Labute approximate surface area is 94.1 Å². The number of primary amides is 1. The number of benzene rings is 1. The number of hydrogen-bond donors (Lipinski definition) is 1. The zero-order chi connectivity index (χ0) is 12.1. The highest BCUT2D eigenvalue weighted by molar-refractivity contribution is 5.68. The summed E-state index contributed by atoms with van der Waals surface area (Å²) < 4.78 is 15.4. The van der Waals surface area contributed by atoms with Gasteiger partial charge in [0, 0.05) is 6.07 Å². The first-order valence-corrected chi connectivity index (χ1v) is 4.85. The molecule has 0 bridgehead atoms. The lowest BCUT2D eigenvalue weighted by Crippen LogP contribution is -2.16. The number of nitrogens with two attached hydrogens (primary N) is 1. The van der Waals surface area contributed by atoms with Gasteiger partial charge in [0.15, 0.2) is 11.5 Å². The molecule has 1 aromatic carbocycles. The molecule has 1 aromatic rings. The molecule has 0 atom stereocenters. The fourth-order valence-corrected chi connectivity index (χ4v) is 1.18. The molecular formula is C11H15NO4. The van der Waals surface area contributed by atoms with Gasteiger partial charge in [0.2, 0.25) is 0 Å². The van der Waals surface area contributed by atoms with E-state index in [4.69, 9.17) is 19.9 Å². The first-order chi connectivity index (χ1) is 7.52. The van der Waals surface area contributed by atoms with Gasteiger partial charge < -0.3 is 19.9 Å². The van der Waals surface area contributed by atoms with E-state index in [9.17, 15) is 4.79 Å². The first-order valence-electron chi connectivity index (χ1n) is 4.85. The summed E-state index contributed by atoms with van der Waals surface area (Å²) in [5, 5.41) is 0. The molecule has 0 fully saturated rings. The summed E-state index contributed by atoms with van der Waals surface area (Å²) in [5.74, 6) is 1.41. The first kappa shape index (κ1) is 12.2. The molecule has 0 saturated carbocycles. The van der Waals surface area contributed by atoms with E-state index in [1.54, 1.807) is 18.2 Å². The van der Waals surface area contributed by atoms with Crippen molar-refractivity contribution >= 4 is 6.09 Å². The maximum Gasteiger partial charge on any atom is 0.409 e. The van der Waals surface area contributed by atoms with Crippen molar-refractivity contribution in [2.45, 2.75) is 20.0 Å². The lowest BCUT2D eigenvalue weighted by Gasteiger charge is -2.14. The Morgan fingerprint density at radius 2 is 2.00 bits per heavy atom. The number of carbonyl (C=O) groups is 1. The molecule has 0 spiro atoms. The molecule has 1 rings (SSSR count). The molecule has 0 aliphatic carbocycles. The van der Waals surface area contributed by atoms with Crippen molar-refractivity contribution in [1.29, 1.82) is 0 Å². The summed E-state index contributed by atoms with van der Waals surface area (Å²) >= 11 is 0. The van der Waals surface area contributed by atoms with Crippen molar-refractivity contribution in [2.24, 2.45) is 5.73 Å². The average molecular weight is 225 g/mol. The van der Waals surface area contributed by atoms with E-state index in [2.05, 4.69) is 0 Å². The fourth-order valence-electron chi connectivity index (χ4n) is 1.18. The Morgan fingerprint density at radius 1 is 1.31 bits per heavy atom. The smallest absolute Gasteiger partial charge is 0.409 e. The van der Waals surface area contributed by atoms with E-state index >= 15 is 0 Å². The Balaban J connectivity index is 2.96. The van der Waals surface area contributed by atoms with E-state index in [-0.39, 0.29) is 6.10 Å². The number of rotatable bonds is 4. The van der Waals surface area contributed by atoms with Crippen LogP contribution in [0, 0.1) is 0 Å². The highest BCUT2D eigenvalue weighted by atomic mass is 16.6. The summed E-state index contributed by atoms with van der Waals surface area (Å²) in [6.07, 6.45) is -0.863. The molecule has 0 unspecified atom stereocenters. The SMILES string of the molecule is COc1ccc(OC(N)=O)cc1OC(C)C. The Kier molecular flexibility index (Phi) is 3.99. The molecule has 16 heavy (non-hydrogen) atoms. The molecule has 0 radical (unpaired) electrons. The van der Waals surface area contributed by atoms with Crippen LogP contribution >= 0.6 is 0 Å². The highest BCUT2D eigenvalue weighted by Crippen LogP contribution is 2.31. The Morgan fingerprint density at radius 3 is 2.50 bits per heavy atom. The third-order valence-electron chi connectivity index (χ3n) is 1.72. The van der Waals surface area contributed by atoms with Gasteiger partial charge >= 0.3 is 6.09 Å². The number of methoxy groups -OCH3 is 1. The van der Waals surface area contributed by atoms with Gasteiger partial charge in [-0.15, -0.1) is 0 Å². The van der Waals surface area contributed by atoms with Crippen LogP contribution in [-0.4, -0.2) is 19.3 Å². The van der Waals surface area contributed by atoms with Crippen LogP contribution in [0.25, 0.3) is 0 Å². The summed E-state index contributed by atoms with van der Waals surface area (Å²) in [7, 11) is 1.54. The number of carbonyl (C=O) groups excluding carboxylic acids is 1. The van der Waals surface area contributed by atoms with Crippen molar-refractivity contribution < 1.29 is 19.0 Å². The molecule has 0 saturated heterocycles. The number of ether oxygens (including phenoxy) is 3. The molecular weight excluding hydrogens is 210 g/mol. The zero-order valence-electron chi connectivity index (χ0n) is 9.52. The molecule has 0 heterocycles. The maximum atomic E-state index is 10.6. The van der Waals surface area contributed by atoms with Crippen molar-refractivity contribution in [3.05, 3.63) is 18.2 Å². The topological polar surface area (TPSA) is 70.8 Å². The van der Waals surface area contributed by atoms with E-state index in [1.807, 2.05) is 13.8 Å². The standard InChI is InChI=1S/C11H15NO4/c1-7(2)15-10-6-8(16-11(12)13)4-5-9(10)14-3/h4-7H,1-3H3,(H2,12,13). The fraction of sp³-hybridized carbons (Fsp3) is 0.364. The van der Waals surface area contributed by atoms with E-state index in [0.717, 1.165) is 0 Å². The van der Waals surface area contributed by atoms with Gasteiger partial charge in [-0.3, -0.25) is 0 Å². The third-order valence-corrected chi connectivity index (χ3v) is 1.72. The molecule has 2 N–H and O–H groups in total. The van der Waals surface area contributed by atoms with Crippen LogP contribution in [0.2, 0.25) is 0 Å². The van der Waals surface area contributed by atoms with E-state index in [0.29, 0.717) is 17.2 Å². The molecule has 0 aliphatic heterocycles. The van der Waals surface area contributed by atoms with Crippen molar-refractivity contribution in [3.8, 4) is 17.2 Å². The number of hydrogen-bond acceptors (Lipinski definition) is 4. The second-order valence-corrected chi connectivity index (χ2v) is 3.40. The van der Waals surface area contributed by atoms with Crippen molar-refractivity contribution in [3.63, 3.8) is 0 Å².